The third-order valence-electron chi connectivity index (χ3n) is 2.08. The Kier molecular flexibility index (Phi) is 3.69. The lowest BCUT2D eigenvalue weighted by atomic mass is 10.3. The van der Waals surface area contributed by atoms with Gasteiger partial charge in [-0.1, -0.05) is 27.7 Å². The van der Waals surface area contributed by atoms with E-state index in [1.807, 2.05) is 0 Å². The molecule has 0 aliphatic carbocycles. The van der Waals surface area contributed by atoms with Crippen molar-refractivity contribution in [3.8, 4) is 0 Å². The Morgan fingerprint density at radius 1 is 1.00 bits per heavy atom. The first-order valence-electron chi connectivity index (χ1n) is 4.74. The molecule has 0 aromatic heterocycles. The zero-order valence-corrected chi connectivity index (χ0v) is 11.0. The Balaban J connectivity index is 2.34. The first-order chi connectivity index (χ1) is 8.06. The van der Waals surface area contributed by atoms with Crippen LogP contribution in [0, 0.1) is 11.6 Å². The molecule has 2 aromatic carbocycles. The summed E-state index contributed by atoms with van der Waals surface area (Å²) in [6, 6.07) is 8.63. The van der Waals surface area contributed by atoms with Crippen molar-refractivity contribution >= 4 is 33.4 Å². The molecular formula is C12H8BrF2NS. The van der Waals surface area contributed by atoms with Crippen LogP contribution in [0.4, 0.5) is 14.5 Å². The Bertz CT molecular complexity index is 560. The van der Waals surface area contributed by atoms with Crippen molar-refractivity contribution in [1.29, 1.82) is 0 Å². The van der Waals surface area contributed by atoms with Gasteiger partial charge in [0.25, 0.3) is 0 Å². The fourth-order valence-corrected chi connectivity index (χ4v) is 2.55. The van der Waals surface area contributed by atoms with E-state index in [1.54, 1.807) is 18.2 Å². The van der Waals surface area contributed by atoms with E-state index in [4.69, 9.17) is 5.73 Å². The fourth-order valence-electron chi connectivity index (χ4n) is 1.29. The molecule has 0 aliphatic heterocycles. The Morgan fingerprint density at radius 2 is 1.76 bits per heavy atom. The molecule has 0 heterocycles. The lowest BCUT2D eigenvalue weighted by molar-refractivity contribution is 0.577. The summed E-state index contributed by atoms with van der Waals surface area (Å²) in [7, 11) is 0. The predicted molar refractivity (Wildman–Crippen MR) is 69.0 cm³/mol. The van der Waals surface area contributed by atoms with Gasteiger partial charge in [-0.05, 0) is 36.4 Å². The van der Waals surface area contributed by atoms with E-state index < -0.39 is 11.6 Å². The number of hydrogen-bond donors (Lipinski definition) is 1. The Hall–Kier alpha value is -1.07. The maximum atomic E-state index is 13.4. The molecule has 0 saturated carbocycles. The van der Waals surface area contributed by atoms with Gasteiger partial charge in [0.2, 0.25) is 0 Å². The molecule has 0 aliphatic rings. The second kappa shape index (κ2) is 5.06. The minimum atomic E-state index is -0.468. The topological polar surface area (TPSA) is 26.0 Å². The Labute approximate surface area is 110 Å². The lowest BCUT2D eigenvalue weighted by Gasteiger charge is -2.06. The van der Waals surface area contributed by atoms with Gasteiger partial charge in [0, 0.05) is 15.1 Å². The van der Waals surface area contributed by atoms with Gasteiger partial charge < -0.3 is 5.73 Å². The van der Waals surface area contributed by atoms with Gasteiger partial charge in [-0.15, -0.1) is 0 Å². The smallest absolute Gasteiger partial charge is 0.137 e. The highest BCUT2D eigenvalue weighted by molar-refractivity contribution is 9.10. The van der Waals surface area contributed by atoms with E-state index in [2.05, 4.69) is 15.9 Å². The zero-order chi connectivity index (χ0) is 12.4. The molecule has 1 nitrogen and oxygen atoms in total. The predicted octanol–water partition coefficient (Wildman–Crippen LogP) is 4.46. The SMILES string of the molecule is Nc1cc(Br)ccc1Sc1cc(F)ccc1F. The van der Waals surface area contributed by atoms with Gasteiger partial charge >= 0.3 is 0 Å². The van der Waals surface area contributed by atoms with Crippen LogP contribution in [-0.2, 0) is 0 Å². The molecule has 0 amide bonds. The highest BCUT2D eigenvalue weighted by atomic mass is 79.9. The van der Waals surface area contributed by atoms with E-state index >= 15 is 0 Å². The summed E-state index contributed by atoms with van der Waals surface area (Å²) in [4.78, 5) is 0.914. The molecular weight excluding hydrogens is 308 g/mol. The average Bonchev–Trinajstić information content (AvgIpc) is 2.27. The first-order valence-corrected chi connectivity index (χ1v) is 6.35. The summed E-state index contributed by atoms with van der Waals surface area (Å²) < 4.78 is 27.3. The maximum Gasteiger partial charge on any atom is 0.137 e. The van der Waals surface area contributed by atoms with Gasteiger partial charge in [-0.25, -0.2) is 8.78 Å². The molecule has 0 radical (unpaired) electrons. The summed E-state index contributed by atoms with van der Waals surface area (Å²) >= 11 is 4.39. The lowest BCUT2D eigenvalue weighted by Crippen LogP contribution is -1.89. The summed E-state index contributed by atoms with van der Waals surface area (Å²) in [6.07, 6.45) is 0. The largest absolute Gasteiger partial charge is 0.398 e. The molecule has 5 heteroatoms. The molecule has 88 valence electrons. The average molecular weight is 316 g/mol. The first kappa shape index (κ1) is 12.4. The number of rotatable bonds is 2. The van der Waals surface area contributed by atoms with Gasteiger partial charge in [-0.2, -0.15) is 0 Å². The van der Waals surface area contributed by atoms with Crippen molar-refractivity contribution in [2.45, 2.75) is 9.79 Å². The summed E-state index contributed by atoms with van der Waals surface area (Å²) in [5.41, 5.74) is 6.31. The van der Waals surface area contributed by atoms with Crippen LogP contribution in [-0.4, -0.2) is 0 Å². The van der Waals surface area contributed by atoms with Crippen LogP contribution in [0.3, 0.4) is 0 Å². The van der Waals surface area contributed by atoms with E-state index in [0.29, 0.717) is 10.6 Å². The van der Waals surface area contributed by atoms with Crippen molar-refractivity contribution in [3.63, 3.8) is 0 Å². The van der Waals surface area contributed by atoms with E-state index in [0.717, 1.165) is 34.4 Å². The van der Waals surface area contributed by atoms with Crippen LogP contribution in [0.1, 0.15) is 0 Å². The normalized spacial score (nSPS) is 10.5. The monoisotopic (exact) mass is 315 g/mol. The summed E-state index contributed by atoms with van der Waals surface area (Å²) in [5, 5.41) is 0. The Morgan fingerprint density at radius 3 is 2.47 bits per heavy atom. The quantitative estimate of drug-likeness (QED) is 0.828. The van der Waals surface area contributed by atoms with Crippen LogP contribution in [0.15, 0.2) is 50.7 Å². The molecule has 0 fully saturated rings. The minimum absolute atomic E-state index is 0.221. The molecule has 2 N–H and O–H groups in total. The molecule has 0 spiro atoms. The van der Waals surface area contributed by atoms with Crippen LogP contribution < -0.4 is 5.73 Å². The number of nitrogen functional groups attached to an aromatic ring is 1. The number of benzene rings is 2. The van der Waals surface area contributed by atoms with Gasteiger partial charge in [0.1, 0.15) is 11.6 Å². The molecule has 17 heavy (non-hydrogen) atoms. The molecule has 0 saturated heterocycles. The van der Waals surface area contributed by atoms with Crippen molar-refractivity contribution in [3.05, 3.63) is 52.5 Å². The fraction of sp³-hybridized carbons (Fsp3) is 0. The van der Waals surface area contributed by atoms with Crippen molar-refractivity contribution < 1.29 is 8.78 Å². The van der Waals surface area contributed by atoms with Crippen LogP contribution in [0.25, 0.3) is 0 Å². The molecule has 2 aromatic rings. The minimum Gasteiger partial charge on any atom is -0.398 e. The van der Waals surface area contributed by atoms with Crippen molar-refractivity contribution in [2.75, 3.05) is 5.73 Å². The third kappa shape index (κ3) is 2.98. The van der Waals surface area contributed by atoms with Crippen molar-refractivity contribution in [2.24, 2.45) is 0 Å². The van der Waals surface area contributed by atoms with E-state index in [-0.39, 0.29) is 4.90 Å². The van der Waals surface area contributed by atoms with Gasteiger partial charge in [0.05, 0.1) is 4.90 Å². The van der Waals surface area contributed by atoms with E-state index in [1.165, 1.54) is 0 Å². The highest BCUT2D eigenvalue weighted by Crippen LogP contribution is 2.35. The number of anilines is 1. The number of hydrogen-bond acceptors (Lipinski definition) is 2. The molecule has 0 unspecified atom stereocenters. The van der Waals surface area contributed by atoms with Crippen LogP contribution in [0.2, 0.25) is 0 Å². The zero-order valence-electron chi connectivity index (χ0n) is 8.58. The standard InChI is InChI=1S/C12H8BrF2NS/c13-7-1-4-11(10(16)5-7)17-12-6-8(14)2-3-9(12)15/h1-6H,16H2. The second-order valence-corrected chi connectivity index (χ2v) is 5.36. The molecule has 2 rings (SSSR count). The van der Waals surface area contributed by atoms with E-state index in [9.17, 15) is 8.78 Å². The highest BCUT2D eigenvalue weighted by Gasteiger charge is 2.08. The third-order valence-corrected chi connectivity index (χ3v) is 3.70. The molecule has 0 atom stereocenters. The van der Waals surface area contributed by atoms with Crippen LogP contribution >= 0.6 is 27.7 Å². The van der Waals surface area contributed by atoms with Gasteiger partial charge in [0.15, 0.2) is 0 Å². The number of nitrogens with two attached hydrogens (primary N) is 1. The number of halogens is 3. The summed E-state index contributed by atoms with van der Waals surface area (Å²) in [6.45, 7) is 0. The second-order valence-electron chi connectivity index (χ2n) is 3.36. The van der Waals surface area contributed by atoms with Gasteiger partial charge in [-0.3, -0.25) is 0 Å². The molecule has 0 bridgehead atoms. The summed E-state index contributed by atoms with van der Waals surface area (Å²) in [5.74, 6) is -0.927. The van der Waals surface area contributed by atoms with Crippen molar-refractivity contribution in [1.82, 2.24) is 0 Å². The maximum absolute atomic E-state index is 13.4. The van der Waals surface area contributed by atoms with Crippen LogP contribution in [0.5, 0.6) is 0 Å².